The molecule has 1 N–H and O–H groups in total. The zero-order valence-electron chi connectivity index (χ0n) is 13.1. The summed E-state index contributed by atoms with van der Waals surface area (Å²) in [5, 5.41) is 3.42. The molecule has 0 aliphatic rings. The maximum Gasteiger partial charge on any atom is 0.161 e. The van der Waals surface area contributed by atoms with Crippen LogP contribution in [0.1, 0.15) is 38.1 Å². The third-order valence-corrected chi connectivity index (χ3v) is 3.17. The monoisotopic (exact) mass is 289 g/mol. The van der Waals surface area contributed by atoms with Crippen molar-refractivity contribution >= 4 is 0 Å². The van der Waals surface area contributed by atoms with Gasteiger partial charge in [0.15, 0.2) is 11.5 Å². The highest BCUT2D eigenvalue weighted by atomic mass is 16.5. The fraction of sp³-hybridized carbons (Fsp3) is 0.412. The molecule has 0 bridgehead atoms. The zero-order chi connectivity index (χ0) is 15.2. The summed E-state index contributed by atoms with van der Waals surface area (Å²) in [5.74, 6) is 2.46. The highest BCUT2D eigenvalue weighted by Gasteiger charge is 2.10. The van der Waals surface area contributed by atoms with E-state index in [2.05, 4.69) is 12.2 Å². The normalized spacial score (nSPS) is 12.4. The van der Waals surface area contributed by atoms with Gasteiger partial charge in [-0.25, -0.2) is 0 Å². The number of ether oxygens (including phenoxy) is 2. The lowest BCUT2D eigenvalue weighted by atomic mass is 10.1. The number of methoxy groups -OCH3 is 1. The average molecular weight is 289 g/mol. The summed E-state index contributed by atoms with van der Waals surface area (Å²) in [6, 6.07) is 10.0. The van der Waals surface area contributed by atoms with E-state index in [1.54, 1.807) is 13.4 Å². The first-order chi connectivity index (χ1) is 10.1. The Morgan fingerprint density at radius 2 is 1.95 bits per heavy atom. The predicted molar refractivity (Wildman–Crippen MR) is 82.7 cm³/mol. The third kappa shape index (κ3) is 4.26. The Kier molecular flexibility index (Phi) is 5.28. The first-order valence-corrected chi connectivity index (χ1v) is 7.20. The summed E-state index contributed by atoms with van der Waals surface area (Å²) in [7, 11) is 1.66. The van der Waals surface area contributed by atoms with Crippen molar-refractivity contribution in [1.82, 2.24) is 5.32 Å². The maximum absolute atomic E-state index is 5.72. The molecule has 0 aliphatic heterocycles. The lowest BCUT2D eigenvalue weighted by molar-refractivity contribution is 0.230. The van der Waals surface area contributed by atoms with Gasteiger partial charge in [-0.1, -0.05) is 6.07 Å². The van der Waals surface area contributed by atoms with Crippen molar-refractivity contribution < 1.29 is 13.9 Å². The van der Waals surface area contributed by atoms with Crippen LogP contribution >= 0.6 is 0 Å². The number of hydrogen-bond acceptors (Lipinski definition) is 4. The quantitative estimate of drug-likeness (QED) is 0.839. The summed E-state index contributed by atoms with van der Waals surface area (Å²) in [5.41, 5.74) is 1.14. The highest BCUT2D eigenvalue weighted by molar-refractivity contribution is 5.43. The van der Waals surface area contributed by atoms with Gasteiger partial charge in [-0.15, -0.1) is 0 Å². The minimum atomic E-state index is 0.127. The van der Waals surface area contributed by atoms with Gasteiger partial charge in [-0.2, -0.15) is 0 Å². The number of hydrogen-bond donors (Lipinski definition) is 1. The number of benzene rings is 1. The van der Waals surface area contributed by atoms with Crippen molar-refractivity contribution in [2.45, 2.75) is 39.5 Å². The molecular formula is C17H23NO3. The smallest absolute Gasteiger partial charge is 0.161 e. The second-order valence-electron chi connectivity index (χ2n) is 5.27. The first kappa shape index (κ1) is 15.4. The Labute approximate surface area is 126 Å². The van der Waals surface area contributed by atoms with Gasteiger partial charge in [-0.05, 0) is 50.6 Å². The Morgan fingerprint density at radius 1 is 1.14 bits per heavy atom. The maximum atomic E-state index is 5.72. The van der Waals surface area contributed by atoms with Gasteiger partial charge in [0.2, 0.25) is 0 Å². The van der Waals surface area contributed by atoms with Crippen LogP contribution in [0.25, 0.3) is 0 Å². The summed E-state index contributed by atoms with van der Waals surface area (Å²) in [4.78, 5) is 0. The Balaban J connectivity index is 2.00. The van der Waals surface area contributed by atoms with E-state index in [0.29, 0.717) is 0 Å². The summed E-state index contributed by atoms with van der Waals surface area (Å²) >= 11 is 0. The van der Waals surface area contributed by atoms with Gasteiger partial charge < -0.3 is 19.2 Å². The van der Waals surface area contributed by atoms with Crippen molar-refractivity contribution in [3.8, 4) is 11.5 Å². The van der Waals surface area contributed by atoms with Gasteiger partial charge >= 0.3 is 0 Å². The van der Waals surface area contributed by atoms with Crippen LogP contribution in [0.3, 0.4) is 0 Å². The van der Waals surface area contributed by atoms with Crippen LogP contribution in [-0.4, -0.2) is 13.2 Å². The number of rotatable bonds is 7. The van der Waals surface area contributed by atoms with E-state index < -0.39 is 0 Å². The number of furan rings is 1. The molecule has 4 heteroatoms. The molecule has 1 atom stereocenters. The van der Waals surface area contributed by atoms with Crippen molar-refractivity contribution in [1.29, 1.82) is 0 Å². The second kappa shape index (κ2) is 7.18. The molecule has 0 aliphatic carbocycles. The van der Waals surface area contributed by atoms with Crippen LogP contribution in [0.4, 0.5) is 0 Å². The van der Waals surface area contributed by atoms with Gasteiger partial charge in [-0.3, -0.25) is 0 Å². The van der Waals surface area contributed by atoms with Gasteiger partial charge in [0.05, 0.1) is 25.5 Å². The predicted octanol–water partition coefficient (Wildman–Crippen LogP) is 3.93. The minimum absolute atomic E-state index is 0.127. The topological polar surface area (TPSA) is 43.6 Å². The number of nitrogens with one attached hydrogen (secondary N) is 1. The average Bonchev–Trinajstić information content (AvgIpc) is 2.99. The molecule has 0 amide bonds. The fourth-order valence-corrected chi connectivity index (χ4v) is 2.08. The standard InChI is InChI=1S/C17H23NO3/c1-12(2)21-16-8-7-14(10-17(16)19-4)11-18-13(3)15-6-5-9-20-15/h5-10,12-13,18H,11H2,1-4H3/t13-/m0/s1. The molecule has 114 valence electrons. The summed E-state index contributed by atoms with van der Waals surface area (Å²) < 4.78 is 16.5. The molecular weight excluding hydrogens is 266 g/mol. The first-order valence-electron chi connectivity index (χ1n) is 7.20. The van der Waals surface area contributed by atoms with E-state index in [0.717, 1.165) is 29.4 Å². The van der Waals surface area contributed by atoms with E-state index in [1.807, 2.05) is 44.2 Å². The lowest BCUT2D eigenvalue weighted by Gasteiger charge is -2.16. The molecule has 0 saturated carbocycles. The molecule has 2 aromatic rings. The summed E-state index contributed by atoms with van der Waals surface area (Å²) in [6.45, 7) is 6.81. The third-order valence-electron chi connectivity index (χ3n) is 3.17. The SMILES string of the molecule is COc1cc(CN[C@@H](C)c2ccco2)ccc1OC(C)C. The molecule has 0 radical (unpaired) electrons. The molecule has 0 saturated heterocycles. The fourth-order valence-electron chi connectivity index (χ4n) is 2.08. The van der Waals surface area contributed by atoms with Crippen LogP contribution in [0.5, 0.6) is 11.5 Å². The molecule has 2 rings (SSSR count). The molecule has 0 spiro atoms. The lowest BCUT2D eigenvalue weighted by Crippen LogP contribution is -2.17. The van der Waals surface area contributed by atoms with Gasteiger partial charge in [0.25, 0.3) is 0 Å². The Morgan fingerprint density at radius 3 is 2.57 bits per heavy atom. The zero-order valence-corrected chi connectivity index (χ0v) is 13.1. The van der Waals surface area contributed by atoms with Crippen molar-refractivity contribution in [2.75, 3.05) is 7.11 Å². The molecule has 0 fully saturated rings. The largest absolute Gasteiger partial charge is 0.493 e. The van der Waals surface area contributed by atoms with Crippen LogP contribution in [-0.2, 0) is 6.54 Å². The van der Waals surface area contributed by atoms with E-state index >= 15 is 0 Å². The van der Waals surface area contributed by atoms with E-state index in [-0.39, 0.29) is 12.1 Å². The van der Waals surface area contributed by atoms with E-state index in [9.17, 15) is 0 Å². The van der Waals surface area contributed by atoms with E-state index in [1.165, 1.54) is 0 Å². The molecule has 1 aromatic carbocycles. The second-order valence-corrected chi connectivity index (χ2v) is 5.27. The molecule has 1 heterocycles. The van der Waals surface area contributed by atoms with Gasteiger partial charge in [0.1, 0.15) is 5.76 Å². The van der Waals surface area contributed by atoms with Crippen molar-refractivity contribution in [2.24, 2.45) is 0 Å². The van der Waals surface area contributed by atoms with Crippen LogP contribution in [0, 0.1) is 0 Å². The van der Waals surface area contributed by atoms with Crippen LogP contribution in [0.15, 0.2) is 41.0 Å². The minimum Gasteiger partial charge on any atom is -0.493 e. The van der Waals surface area contributed by atoms with Gasteiger partial charge in [0, 0.05) is 6.54 Å². The molecule has 21 heavy (non-hydrogen) atoms. The van der Waals surface area contributed by atoms with Crippen LogP contribution in [0.2, 0.25) is 0 Å². The molecule has 4 nitrogen and oxygen atoms in total. The van der Waals surface area contributed by atoms with E-state index in [4.69, 9.17) is 13.9 Å². The van der Waals surface area contributed by atoms with Crippen LogP contribution < -0.4 is 14.8 Å². The summed E-state index contributed by atoms with van der Waals surface area (Å²) in [6.07, 6.45) is 1.82. The molecule has 0 unspecified atom stereocenters. The van der Waals surface area contributed by atoms with Crippen molar-refractivity contribution in [3.63, 3.8) is 0 Å². The molecule has 1 aromatic heterocycles. The highest BCUT2D eigenvalue weighted by Crippen LogP contribution is 2.29. The Bertz CT molecular complexity index is 549. The Hall–Kier alpha value is -1.94. The van der Waals surface area contributed by atoms with Crippen molar-refractivity contribution in [3.05, 3.63) is 47.9 Å².